The number of rotatable bonds is 2. The van der Waals surface area contributed by atoms with Gasteiger partial charge >= 0.3 is 12.1 Å². The van der Waals surface area contributed by atoms with Gasteiger partial charge in [-0.2, -0.15) is 33.3 Å². The summed E-state index contributed by atoms with van der Waals surface area (Å²) in [6.45, 7) is 0. The van der Waals surface area contributed by atoms with Crippen molar-refractivity contribution in [1.82, 2.24) is 19.6 Å². The third-order valence-corrected chi connectivity index (χ3v) is 3.37. The van der Waals surface area contributed by atoms with E-state index in [9.17, 15) is 18.0 Å². The lowest BCUT2D eigenvalue weighted by Gasteiger charge is -2.08. The quantitative estimate of drug-likeness (QED) is 0.766. The highest BCUT2D eigenvalue weighted by Crippen LogP contribution is 2.30. The van der Waals surface area contributed by atoms with Crippen molar-refractivity contribution in [2.45, 2.75) is 6.18 Å². The third-order valence-electron chi connectivity index (χ3n) is 3.37. The highest BCUT2D eigenvalue weighted by Gasteiger charge is 2.30. The zero-order valence-electron chi connectivity index (χ0n) is 12.4. The lowest BCUT2D eigenvalue weighted by atomic mass is 10.2. The van der Waals surface area contributed by atoms with E-state index >= 15 is 0 Å². The molecular weight excluding hydrogens is 337 g/mol. The third kappa shape index (κ3) is 2.94. The van der Waals surface area contributed by atoms with E-state index in [1.807, 2.05) is 0 Å². The minimum absolute atomic E-state index is 0.0330. The predicted octanol–water partition coefficient (Wildman–Crippen LogP) is 2.23. The summed E-state index contributed by atoms with van der Waals surface area (Å²) < 4.78 is 40.3. The fourth-order valence-electron chi connectivity index (χ4n) is 2.12. The molecule has 0 bridgehead atoms. The van der Waals surface area contributed by atoms with Crippen LogP contribution >= 0.6 is 0 Å². The molecule has 0 amide bonds. The largest absolute Gasteiger partial charge is 0.416 e. The van der Waals surface area contributed by atoms with Crippen molar-refractivity contribution in [3.8, 4) is 11.8 Å². The summed E-state index contributed by atoms with van der Waals surface area (Å²) in [6, 6.07) is 7.61. The van der Waals surface area contributed by atoms with E-state index < -0.39 is 17.6 Å². The second-order valence-electron chi connectivity index (χ2n) is 4.97. The molecule has 2 heterocycles. The van der Waals surface area contributed by atoms with Crippen LogP contribution < -0.4 is 5.73 Å². The summed E-state index contributed by atoms with van der Waals surface area (Å²) >= 11 is 0. The van der Waals surface area contributed by atoms with Crippen molar-refractivity contribution >= 4 is 11.7 Å². The van der Waals surface area contributed by atoms with Crippen LogP contribution in [0.25, 0.3) is 5.69 Å². The minimum Gasteiger partial charge on any atom is -0.382 e. The van der Waals surface area contributed by atoms with Gasteiger partial charge in [0.05, 0.1) is 17.4 Å². The van der Waals surface area contributed by atoms with E-state index in [1.165, 1.54) is 24.4 Å². The molecule has 3 aromatic rings. The van der Waals surface area contributed by atoms with Crippen LogP contribution in [0.2, 0.25) is 0 Å². The molecule has 0 aliphatic heterocycles. The molecule has 10 heteroatoms. The topological polar surface area (TPSA) is 103 Å². The maximum Gasteiger partial charge on any atom is 0.416 e. The molecule has 1 aromatic carbocycles. The number of hydrogen-bond acceptors (Lipinski definition) is 5. The number of alkyl halides is 3. The summed E-state index contributed by atoms with van der Waals surface area (Å²) in [4.78, 5) is 12.3. The van der Waals surface area contributed by atoms with Gasteiger partial charge < -0.3 is 5.73 Å². The number of nitriles is 1. The summed E-state index contributed by atoms with van der Waals surface area (Å²) in [5.41, 5.74) is 4.89. The van der Waals surface area contributed by atoms with Gasteiger partial charge in [0.2, 0.25) is 0 Å². The summed E-state index contributed by atoms with van der Waals surface area (Å²) in [7, 11) is 0. The second-order valence-corrected chi connectivity index (χ2v) is 4.97. The van der Waals surface area contributed by atoms with Crippen LogP contribution in [0.4, 0.5) is 19.0 Å². The lowest BCUT2D eigenvalue weighted by molar-refractivity contribution is -0.137. The Morgan fingerprint density at radius 3 is 2.68 bits per heavy atom. The van der Waals surface area contributed by atoms with Crippen LogP contribution in [0.1, 0.15) is 21.6 Å². The van der Waals surface area contributed by atoms with E-state index in [0.29, 0.717) is 0 Å². The van der Waals surface area contributed by atoms with Crippen LogP contribution in [0.5, 0.6) is 0 Å². The van der Waals surface area contributed by atoms with Gasteiger partial charge in [-0.15, -0.1) is 0 Å². The highest BCUT2D eigenvalue weighted by molar-refractivity contribution is 5.95. The zero-order valence-corrected chi connectivity index (χ0v) is 12.4. The van der Waals surface area contributed by atoms with Gasteiger partial charge in [-0.1, -0.05) is 6.07 Å². The lowest BCUT2D eigenvalue weighted by Crippen LogP contribution is -2.17. The molecule has 2 N–H and O–H groups in total. The van der Waals surface area contributed by atoms with Crippen molar-refractivity contribution in [2.24, 2.45) is 0 Å². The Balaban J connectivity index is 1.94. The van der Waals surface area contributed by atoms with E-state index in [2.05, 4.69) is 10.2 Å². The minimum atomic E-state index is -4.49. The number of nitrogens with two attached hydrogens (primary N) is 1. The fourth-order valence-corrected chi connectivity index (χ4v) is 2.12. The maximum atomic E-state index is 12.8. The number of anilines is 1. The van der Waals surface area contributed by atoms with Crippen molar-refractivity contribution in [3.63, 3.8) is 0 Å². The summed E-state index contributed by atoms with van der Waals surface area (Å²) in [6.07, 6.45) is -2.01. The average molecular weight is 346 g/mol. The molecule has 0 spiro atoms. The summed E-state index contributed by atoms with van der Waals surface area (Å²) in [5.74, 6) is -0.842. The van der Waals surface area contributed by atoms with Crippen LogP contribution in [-0.4, -0.2) is 25.5 Å². The van der Waals surface area contributed by atoms with Crippen LogP contribution in [0, 0.1) is 11.3 Å². The summed E-state index contributed by atoms with van der Waals surface area (Å²) in [5, 5.41) is 16.5. The van der Waals surface area contributed by atoms with Gasteiger partial charge in [0.1, 0.15) is 17.5 Å². The molecule has 0 radical (unpaired) electrons. The van der Waals surface area contributed by atoms with E-state index in [1.54, 1.807) is 6.07 Å². The van der Waals surface area contributed by atoms with Crippen LogP contribution in [-0.2, 0) is 6.18 Å². The Labute approximate surface area is 138 Å². The molecule has 0 atom stereocenters. The molecule has 0 aliphatic rings. The first-order chi connectivity index (χ1) is 11.8. The molecule has 0 saturated heterocycles. The first-order valence-corrected chi connectivity index (χ1v) is 6.83. The number of carbonyl (C=O) groups excluding carboxylic acids is 1. The van der Waals surface area contributed by atoms with Crippen molar-refractivity contribution in [3.05, 3.63) is 59.5 Å². The predicted molar refractivity (Wildman–Crippen MR) is 79.6 cm³/mol. The van der Waals surface area contributed by atoms with Gasteiger partial charge in [0.25, 0.3) is 0 Å². The number of nitrogens with zero attached hydrogens (tertiary/aromatic N) is 5. The van der Waals surface area contributed by atoms with Crippen molar-refractivity contribution in [1.29, 1.82) is 5.26 Å². The second kappa shape index (κ2) is 5.79. The Morgan fingerprint density at radius 2 is 2.04 bits per heavy atom. The molecule has 7 nitrogen and oxygen atoms in total. The van der Waals surface area contributed by atoms with E-state index in [4.69, 9.17) is 11.0 Å². The number of nitrogen functional groups attached to an aromatic ring is 1. The van der Waals surface area contributed by atoms with E-state index in [-0.39, 0.29) is 22.8 Å². The van der Waals surface area contributed by atoms with Gasteiger partial charge in [0.15, 0.2) is 5.69 Å². The smallest absolute Gasteiger partial charge is 0.382 e. The fraction of sp³-hybridized carbons (Fsp3) is 0.0667. The Kier molecular flexibility index (Phi) is 3.76. The van der Waals surface area contributed by atoms with Gasteiger partial charge in [-0.3, -0.25) is 4.79 Å². The first kappa shape index (κ1) is 16.3. The highest BCUT2D eigenvalue weighted by atomic mass is 19.4. The molecule has 0 saturated carbocycles. The number of halogens is 3. The molecule has 25 heavy (non-hydrogen) atoms. The standard InChI is InChI=1S/C15H9F3N6O/c16-15(17,18)10-2-1-3-11(6-10)23-5-4-12(22-23)14(25)24-13(20)9(7-19)8-21-24/h1-6,8H,20H2. The number of aromatic nitrogens is 4. The Morgan fingerprint density at radius 1 is 1.28 bits per heavy atom. The molecular formula is C15H9F3N6O. The Bertz CT molecular complexity index is 995. The molecule has 0 unspecified atom stereocenters. The number of hydrogen-bond donors (Lipinski definition) is 1. The average Bonchev–Trinajstić information content (AvgIpc) is 3.20. The van der Waals surface area contributed by atoms with Crippen LogP contribution in [0.3, 0.4) is 0 Å². The number of carbonyl (C=O) groups is 1. The monoisotopic (exact) mass is 346 g/mol. The van der Waals surface area contributed by atoms with Gasteiger partial charge in [-0.05, 0) is 24.3 Å². The number of benzene rings is 1. The normalized spacial score (nSPS) is 11.3. The molecule has 126 valence electrons. The van der Waals surface area contributed by atoms with Crippen LogP contribution in [0.15, 0.2) is 42.7 Å². The molecule has 0 aliphatic carbocycles. The maximum absolute atomic E-state index is 12.8. The van der Waals surface area contributed by atoms with E-state index in [0.717, 1.165) is 27.7 Å². The van der Waals surface area contributed by atoms with Gasteiger partial charge in [-0.25, -0.2) is 4.68 Å². The SMILES string of the molecule is N#Cc1cnn(C(=O)c2ccn(-c3cccc(C(F)(F)F)c3)n2)c1N. The zero-order chi connectivity index (χ0) is 18.2. The Hall–Kier alpha value is -3.61. The van der Waals surface area contributed by atoms with Gasteiger partial charge in [0, 0.05) is 6.20 Å². The van der Waals surface area contributed by atoms with Crippen molar-refractivity contribution in [2.75, 3.05) is 5.73 Å². The molecule has 3 rings (SSSR count). The first-order valence-electron chi connectivity index (χ1n) is 6.83. The molecule has 2 aromatic heterocycles. The molecule has 0 fully saturated rings. The van der Waals surface area contributed by atoms with Crippen molar-refractivity contribution < 1.29 is 18.0 Å².